The summed E-state index contributed by atoms with van der Waals surface area (Å²) in [6.45, 7) is 12.7. The molecule has 0 aliphatic carbocycles. The van der Waals surface area contributed by atoms with E-state index < -0.39 is 0 Å². The Morgan fingerprint density at radius 3 is 1.08 bits per heavy atom. The first-order valence-corrected chi connectivity index (χ1v) is 9.76. The van der Waals surface area contributed by atoms with Gasteiger partial charge in [-0.25, -0.2) is 0 Å². The van der Waals surface area contributed by atoms with Gasteiger partial charge in [-0.3, -0.25) is 0 Å². The normalized spacial score (nSPS) is 13.3. The summed E-state index contributed by atoms with van der Waals surface area (Å²) >= 11 is 0. The molecule has 0 bridgehead atoms. The summed E-state index contributed by atoms with van der Waals surface area (Å²) in [5, 5.41) is 0. The van der Waals surface area contributed by atoms with Gasteiger partial charge in [-0.1, -0.05) is 24.3 Å². The predicted molar refractivity (Wildman–Crippen MR) is 114 cm³/mol. The molecule has 4 N–H and O–H groups in total. The minimum absolute atomic E-state index is 0.222. The highest BCUT2D eigenvalue weighted by atomic mass is 15.1. The predicted octanol–water partition coefficient (Wildman–Crippen LogP) is 4.08. The van der Waals surface area contributed by atoms with E-state index in [0.29, 0.717) is 0 Å². The van der Waals surface area contributed by atoms with Crippen molar-refractivity contribution < 1.29 is 0 Å². The van der Waals surface area contributed by atoms with E-state index in [4.69, 9.17) is 11.5 Å². The van der Waals surface area contributed by atoms with Crippen molar-refractivity contribution in [2.75, 3.05) is 36.0 Å². The molecule has 2 aromatic rings. The quantitative estimate of drug-likeness (QED) is 0.712. The Bertz CT molecular complexity index is 583. The van der Waals surface area contributed by atoms with Crippen LogP contribution in [0.3, 0.4) is 0 Å². The minimum Gasteiger partial charge on any atom is -0.372 e. The molecule has 142 valence electrons. The van der Waals surface area contributed by atoms with Crippen LogP contribution in [0, 0.1) is 0 Å². The average Bonchev–Trinajstić information content (AvgIpc) is 2.70. The van der Waals surface area contributed by atoms with Crippen LogP contribution in [-0.2, 0) is 0 Å². The molecule has 0 aliphatic rings. The molecule has 2 rings (SSSR count). The number of anilines is 2. The number of rotatable bonds is 9. The van der Waals surface area contributed by atoms with Crippen molar-refractivity contribution in [2.45, 2.75) is 39.8 Å². The number of hydrogen-bond donors (Lipinski definition) is 2. The molecule has 0 aromatic heterocycles. The van der Waals surface area contributed by atoms with E-state index in [1.807, 2.05) is 0 Å². The molecule has 0 aliphatic heterocycles. The lowest BCUT2D eigenvalue weighted by Crippen LogP contribution is -2.27. The molecule has 0 saturated carbocycles. The van der Waals surface area contributed by atoms with Crippen LogP contribution in [0.1, 0.15) is 50.9 Å². The smallest absolute Gasteiger partial charge is 0.0491 e. The molecular weight excluding hydrogens is 320 g/mol. The zero-order chi connectivity index (χ0) is 19.1. The zero-order valence-corrected chi connectivity index (χ0v) is 16.7. The summed E-state index contributed by atoms with van der Waals surface area (Å²) in [6.07, 6.45) is 0. The summed E-state index contributed by atoms with van der Waals surface area (Å²) in [4.78, 5) is 4.64. The van der Waals surface area contributed by atoms with Crippen LogP contribution in [0.15, 0.2) is 48.5 Å². The molecule has 4 heteroatoms. The maximum absolute atomic E-state index is 6.46. The SMILES string of the molecule is CCN(CC)c1ccc([C@H](N)[C@@H](N)c2ccc(N(CC)CC)cc2)cc1. The van der Waals surface area contributed by atoms with Crippen molar-refractivity contribution in [1.82, 2.24) is 0 Å². The Hall–Kier alpha value is -2.04. The van der Waals surface area contributed by atoms with Crippen molar-refractivity contribution in [2.24, 2.45) is 11.5 Å². The molecule has 4 nitrogen and oxygen atoms in total. The molecule has 0 radical (unpaired) electrons. The van der Waals surface area contributed by atoms with Gasteiger partial charge < -0.3 is 21.3 Å². The van der Waals surface area contributed by atoms with Gasteiger partial charge in [0.05, 0.1) is 0 Å². The molecule has 2 aromatic carbocycles. The van der Waals surface area contributed by atoms with E-state index in [-0.39, 0.29) is 12.1 Å². The largest absolute Gasteiger partial charge is 0.372 e. The van der Waals surface area contributed by atoms with E-state index in [1.54, 1.807) is 0 Å². The maximum Gasteiger partial charge on any atom is 0.0491 e. The summed E-state index contributed by atoms with van der Waals surface area (Å²) in [5.74, 6) is 0. The van der Waals surface area contributed by atoms with E-state index >= 15 is 0 Å². The molecule has 26 heavy (non-hydrogen) atoms. The first-order chi connectivity index (χ1) is 12.5. The molecule has 0 spiro atoms. The van der Waals surface area contributed by atoms with Crippen LogP contribution in [0.5, 0.6) is 0 Å². The lowest BCUT2D eigenvalue weighted by Gasteiger charge is -2.25. The third kappa shape index (κ3) is 4.57. The first-order valence-electron chi connectivity index (χ1n) is 9.76. The van der Waals surface area contributed by atoms with E-state index in [0.717, 1.165) is 37.3 Å². The summed E-state index contributed by atoms with van der Waals surface area (Å²) in [6, 6.07) is 16.5. The van der Waals surface area contributed by atoms with E-state index in [1.165, 1.54) is 11.4 Å². The number of nitrogens with two attached hydrogens (primary N) is 2. The molecule has 0 heterocycles. The Balaban J connectivity index is 2.12. The maximum atomic E-state index is 6.46. The molecule has 2 atom stereocenters. The van der Waals surface area contributed by atoms with Gasteiger partial charge in [0.25, 0.3) is 0 Å². The van der Waals surface area contributed by atoms with E-state index in [2.05, 4.69) is 86.0 Å². The first kappa shape index (κ1) is 20.3. The Labute approximate surface area is 158 Å². The highest BCUT2D eigenvalue weighted by Crippen LogP contribution is 2.28. The van der Waals surface area contributed by atoms with Crippen molar-refractivity contribution in [3.8, 4) is 0 Å². The monoisotopic (exact) mass is 354 g/mol. The summed E-state index contributed by atoms with van der Waals surface area (Å²) in [7, 11) is 0. The fourth-order valence-electron chi connectivity index (χ4n) is 3.41. The third-order valence-corrected chi connectivity index (χ3v) is 5.20. The van der Waals surface area contributed by atoms with Crippen LogP contribution in [0.2, 0.25) is 0 Å². The molecule has 0 fully saturated rings. The molecule has 0 unspecified atom stereocenters. The second kappa shape index (κ2) is 9.60. The van der Waals surface area contributed by atoms with Crippen molar-refractivity contribution in [3.05, 3.63) is 59.7 Å². The van der Waals surface area contributed by atoms with Gasteiger partial charge in [0.15, 0.2) is 0 Å². The van der Waals surface area contributed by atoms with E-state index in [9.17, 15) is 0 Å². The van der Waals surface area contributed by atoms with Gasteiger partial charge in [-0.05, 0) is 63.1 Å². The van der Waals surface area contributed by atoms with Crippen LogP contribution < -0.4 is 21.3 Å². The average molecular weight is 355 g/mol. The van der Waals surface area contributed by atoms with Crippen LogP contribution in [-0.4, -0.2) is 26.2 Å². The number of benzene rings is 2. The van der Waals surface area contributed by atoms with Gasteiger partial charge >= 0.3 is 0 Å². The Morgan fingerprint density at radius 2 is 0.846 bits per heavy atom. The van der Waals surface area contributed by atoms with Gasteiger partial charge in [-0.15, -0.1) is 0 Å². The molecular formula is C22H34N4. The Kier molecular flexibility index (Phi) is 7.49. The van der Waals surface area contributed by atoms with Crippen LogP contribution >= 0.6 is 0 Å². The molecule has 0 saturated heterocycles. The fraction of sp³-hybridized carbons (Fsp3) is 0.455. The lowest BCUT2D eigenvalue weighted by atomic mass is 9.94. The third-order valence-electron chi connectivity index (χ3n) is 5.20. The van der Waals surface area contributed by atoms with Crippen molar-refractivity contribution >= 4 is 11.4 Å². The van der Waals surface area contributed by atoms with Gasteiger partial charge in [0.2, 0.25) is 0 Å². The zero-order valence-electron chi connectivity index (χ0n) is 16.7. The Morgan fingerprint density at radius 1 is 0.577 bits per heavy atom. The lowest BCUT2D eigenvalue weighted by molar-refractivity contribution is 0.574. The standard InChI is InChI=1S/C22H34N4/c1-5-25(6-2)19-13-9-17(10-14-19)21(23)22(24)18-11-15-20(16-12-18)26(7-3)8-4/h9-16,21-22H,5-8,23-24H2,1-4H3/t21-,22-/m0/s1. The summed E-state index contributed by atoms with van der Waals surface area (Å²) in [5.41, 5.74) is 17.5. The topological polar surface area (TPSA) is 58.5 Å². The second-order valence-corrected chi connectivity index (χ2v) is 6.58. The van der Waals surface area contributed by atoms with Crippen LogP contribution in [0.25, 0.3) is 0 Å². The van der Waals surface area contributed by atoms with Crippen LogP contribution in [0.4, 0.5) is 11.4 Å². The fourth-order valence-corrected chi connectivity index (χ4v) is 3.41. The van der Waals surface area contributed by atoms with Crippen molar-refractivity contribution in [1.29, 1.82) is 0 Å². The van der Waals surface area contributed by atoms with Crippen molar-refractivity contribution in [3.63, 3.8) is 0 Å². The van der Waals surface area contributed by atoms with Gasteiger partial charge in [0, 0.05) is 49.6 Å². The highest BCUT2D eigenvalue weighted by Gasteiger charge is 2.18. The minimum atomic E-state index is -0.222. The second-order valence-electron chi connectivity index (χ2n) is 6.58. The molecule has 0 amide bonds. The number of hydrogen-bond acceptors (Lipinski definition) is 4. The van der Waals surface area contributed by atoms with Gasteiger partial charge in [-0.2, -0.15) is 0 Å². The highest BCUT2D eigenvalue weighted by molar-refractivity contribution is 5.49. The van der Waals surface area contributed by atoms with Gasteiger partial charge in [0.1, 0.15) is 0 Å². The number of nitrogens with zero attached hydrogens (tertiary/aromatic N) is 2. The summed E-state index contributed by atoms with van der Waals surface area (Å²) < 4.78 is 0.